The standard InChI is InChI=1S/C13H19ClFNO/c1-4-13(2,17-3)11(16)8-9-6-5-7-10(15)12(9)14/h5-7,11H,4,8,16H2,1-3H3. The van der Waals surface area contributed by atoms with Crippen LogP contribution in [0, 0.1) is 5.82 Å². The van der Waals surface area contributed by atoms with Gasteiger partial charge in [-0.25, -0.2) is 4.39 Å². The van der Waals surface area contributed by atoms with E-state index in [4.69, 9.17) is 22.1 Å². The van der Waals surface area contributed by atoms with E-state index in [1.54, 1.807) is 19.2 Å². The summed E-state index contributed by atoms with van der Waals surface area (Å²) >= 11 is 5.90. The fourth-order valence-electron chi connectivity index (χ4n) is 1.72. The molecule has 17 heavy (non-hydrogen) atoms. The van der Waals surface area contributed by atoms with E-state index in [1.165, 1.54) is 6.07 Å². The Labute approximate surface area is 107 Å². The molecule has 1 aromatic rings. The Kier molecular flexibility index (Phi) is 4.92. The second-order valence-corrected chi connectivity index (χ2v) is 4.77. The van der Waals surface area contributed by atoms with Crippen LogP contribution < -0.4 is 5.73 Å². The molecular weight excluding hydrogens is 241 g/mol. The minimum atomic E-state index is -0.421. The van der Waals surface area contributed by atoms with E-state index in [9.17, 15) is 4.39 Å². The summed E-state index contributed by atoms with van der Waals surface area (Å²) in [6.45, 7) is 3.96. The molecule has 1 rings (SSSR count). The van der Waals surface area contributed by atoms with Crippen LogP contribution in [0.4, 0.5) is 4.39 Å². The molecule has 0 aliphatic heterocycles. The molecule has 0 bridgehead atoms. The lowest BCUT2D eigenvalue weighted by Gasteiger charge is -2.33. The highest BCUT2D eigenvalue weighted by atomic mass is 35.5. The Balaban J connectivity index is 2.88. The normalized spacial score (nSPS) is 16.6. The molecule has 0 aliphatic rings. The summed E-state index contributed by atoms with van der Waals surface area (Å²) in [6, 6.07) is 4.54. The van der Waals surface area contributed by atoms with Gasteiger partial charge < -0.3 is 10.5 Å². The predicted octanol–water partition coefficient (Wildman–Crippen LogP) is 3.16. The Morgan fingerprint density at radius 3 is 2.71 bits per heavy atom. The van der Waals surface area contributed by atoms with Crippen molar-refractivity contribution in [2.24, 2.45) is 5.73 Å². The average molecular weight is 260 g/mol. The lowest BCUT2D eigenvalue weighted by molar-refractivity contribution is -0.0184. The summed E-state index contributed by atoms with van der Waals surface area (Å²) in [5, 5.41) is 0.150. The second-order valence-electron chi connectivity index (χ2n) is 4.39. The van der Waals surface area contributed by atoms with Gasteiger partial charge in [0.15, 0.2) is 0 Å². The first kappa shape index (κ1) is 14.4. The van der Waals surface area contributed by atoms with Crippen molar-refractivity contribution in [1.82, 2.24) is 0 Å². The molecule has 0 heterocycles. The van der Waals surface area contributed by atoms with Crippen molar-refractivity contribution in [3.63, 3.8) is 0 Å². The molecule has 0 radical (unpaired) electrons. The van der Waals surface area contributed by atoms with Crippen molar-refractivity contribution < 1.29 is 9.13 Å². The molecular formula is C13H19ClFNO. The first-order valence-electron chi connectivity index (χ1n) is 5.68. The zero-order chi connectivity index (χ0) is 13.1. The van der Waals surface area contributed by atoms with E-state index in [2.05, 4.69) is 0 Å². The van der Waals surface area contributed by atoms with Crippen molar-refractivity contribution in [2.45, 2.75) is 38.3 Å². The first-order valence-corrected chi connectivity index (χ1v) is 6.06. The maximum absolute atomic E-state index is 13.3. The largest absolute Gasteiger partial charge is 0.377 e. The third-order valence-electron chi connectivity index (χ3n) is 3.42. The fourth-order valence-corrected chi connectivity index (χ4v) is 1.92. The van der Waals surface area contributed by atoms with Crippen LogP contribution in [0.3, 0.4) is 0 Å². The summed E-state index contributed by atoms with van der Waals surface area (Å²) in [6.07, 6.45) is 1.28. The number of ether oxygens (including phenoxy) is 1. The van der Waals surface area contributed by atoms with Crippen molar-refractivity contribution in [1.29, 1.82) is 0 Å². The monoisotopic (exact) mass is 259 g/mol. The van der Waals surface area contributed by atoms with Gasteiger partial charge in [-0.1, -0.05) is 30.7 Å². The topological polar surface area (TPSA) is 35.2 Å². The average Bonchev–Trinajstić information content (AvgIpc) is 2.33. The van der Waals surface area contributed by atoms with Crippen molar-refractivity contribution in [2.75, 3.05) is 7.11 Å². The second kappa shape index (κ2) is 5.80. The highest BCUT2D eigenvalue weighted by molar-refractivity contribution is 6.31. The zero-order valence-corrected chi connectivity index (χ0v) is 11.2. The molecule has 0 spiro atoms. The molecule has 2 atom stereocenters. The first-order chi connectivity index (χ1) is 7.94. The Morgan fingerprint density at radius 2 is 2.18 bits per heavy atom. The summed E-state index contributed by atoms with van der Waals surface area (Å²) in [7, 11) is 1.64. The molecule has 1 aromatic carbocycles. The number of nitrogens with two attached hydrogens (primary N) is 1. The predicted molar refractivity (Wildman–Crippen MR) is 68.8 cm³/mol. The maximum atomic E-state index is 13.3. The quantitative estimate of drug-likeness (QED) is 0.882. The number of rotatable bonds is 5. The minimum Gasteiger partial charge on any atom is -0.377 e. The molecule has 0 aromatic heterocycles. The number of methoxy groups -OCH3 is 1. The van der Waals surface area contributed by atoms with Gasteiger partial charge in [0.05, 0.1) is 10.6 Å². The van der Waals surface area contributed by atoms with Crippen molar-refractivity contribution in [3.05, 3.63) is 34.6 Å². The van der Waals surface area contributed by atoms with Crippen LogP contribution in [-0.4, -0.2) is 18.8 Å². The lowest BCUT2D eigenvalue weighted by Crippen LogP contribution is -2.48. The van der Waals surface area contributed by atoms with Gasteiger partial charge in [-0.15, -0.1) is 0 Å². The molecule has 96 valence electrons. The van der Waals surface area contributed by atoms with Crippen LogP contribution in [0.25, 0.3) is 0 Å². The molecule has 2 nitrogen and oxygen atoms in total. The van der Waals surface area contributed by atoms with Crippen molar-refractivity contribution in [3.8, 4) is 0 Å². The lowest BCUT2D eigenvalue weighted by atomic mass is 9.89. The van der Waals surface area contributed by atoms with E-state index in [1.807, 2.05) is 13.8 Å². The molecule has 0 amide bonds. The van der Waals surface area contributed by atoms with E-state index >= 15 is 0 Å². The van der Waals surface area contributed by atoms with Crippen LogP contribution in [0.1, 0.15) is 25.8 Å². The molecule has 4 heteroatoms. The maximum Gasteiger partial charge on any atom is 0.142 e. The summed E-state index contributed by atoms with van der Waals surface area (Å²) in [5.74, 6) is -0.410. The van der Waals surface area contributed by atoms with Gasteiger partial charge in [-0.2, -0.15) is 0 Å². The van der Waals surface area contributed by atoms with Gasteiger partial charge >= 0.3 is 0 Å². The van der Waals surface area contributed by atoms with Crippen LogP contribution >= 0.6 is 11.6 Å². The van der Waals surface area contributed by atoms with Gasteiger partial charge in [0.1, 0.15) is 5.82 Å². The van der Waals surface area contributed by atoms with E-state index in [0.29, 0.717) is 6.42 Å². The fraction of sp³-hybridized carbons (Fsp3) is 0.538. The Morgan fingerprint density at radius 1 is 1.53 bits per heavy atom. The number of hydrogen-bond acceptors (Lipinski definition) is 2. The van der Waals surface area contributed by atoms with E-state index in [0.717, 1.165) is 12.0 Å². The molecule has 0 fully saturated rings. The van der Waals surface area contributed by atoms with Gasteiger partial charge in [-0.05, 0) is 31.4 Å². The zero-order valence-electron chi connectivity index (χ0n) is 10.5. The Bertz CT molecular complexity index is 380. The number of hydrogen-bond donors (Lipinski definition) is 1. The van der Waals surface area contributed by atoms with Crippen LogP contribution in [0.15, 0.2) is 18.2 Å². The number of halogens is 2. The third-order valence-corrected chi connectivity index (χ3v) is 3.85. The summed E-state index contributed by atoms with van der Waals surface area (Å²) in [5.41, 5.74) is 6.42. The van der Waals surface area contributed by atoms with E-state index in [-0.39, 0.29) is 11.1 Å². The highest BCUT2D eigenvalue weighted by Crippen LogP contribution is 2.25. The number of benzene rings is 1. The summed E-state index contributed by atoms with van der Waals surface area (Å²) < 4.78 is 18.7. The van der Waals surface area contributed by atoms with Crippen LogP contribution in [-0.2, 0) is 11.2 Å². The highest BCUT2D eigenvalue weighted by Gasteiger charge is 2.30. The smallest absolute Gasteiger partial charge is 0.142 e. The molecule has 0 aliphatic carbocycles. The van der Waals surface area contributed by atoms with E-state index < -0.39 is 11.4 Å². The molecule has 0 saturated heterocycles. The van der Waals surface area contributed by atoms with Gasteiger partial charge in [0.25, 0.3) is 0 Å². The van der Waals surface area contributed by atoms with Crippen molar-refractivity contribution >= 4 is 11.6 Å². The molecule has 0 saturated carbocycles. The van der Waals surface area contributed by atoms with Gasteiger partial charge in [0.2, 0.25) is 0 Å². The van der Waals surface area contributed by atoms with Gasteiger partial charge in [0, 0.05) is 13.2 Å². The SMILES string of the molecule is CCC(C)(OC)C(N)Cc1cccc(F)c1Cl. The van der Waals surface area contributed by atoms with Gasteiger partial charge in [-0.3, -0.25) is 0 Å². The summed E-state index contributed by atoms with van der Waals surface area (Å²) in [4.78, 5) is 0. The third kappa shape index (κ3) is 3.18. The van der Waals surface area contributed by atoms with Crippen LogP contribution in [0.2, 0.25) is 5.02 Å². The minimum absolute atomic E-state index is 0.150. The molecule has 2 unspecified atom stereocenters. The molecule has 2 N–H and O–H groups in total. The van der Waals surface area contributed by atoms with Crippen LogP contribution in [0.5, 0.6) is 0 Å². The Hall–Kier alpha value is -0.640.